The summed E-state index contributed by atoms with van der Waals surface area (Å²) in [5.74, 6) is 0.559. The van der Waals surface area contributed by atoms with Crippen LogP contribution in [0.2, 0.25) is 0 Å². The summed E-state index contributed by atoms with van der Waals surface area (Å²) in [4.78, 5) is 18.9. The predicted molar refractivity (Wildman–Crippen MR) is 59.9 cm³/mol. The quantitative estimate of drug-likeness (QED) is 0.778. The molecule has 2 aromatic heterocycles. The number of Topliss-reactive ketones (excluding diaryl/α,β-unsaturated/α-hetero) is 1. The van der Waals surface area contributed by atoms with Gasteiger partial charge in [0.1, 0.15) is 0 Å². The minimum absolute atomic E-state index is 0.168. The van der Waals surface area contributed by atoms with Crippen molar-refractivity contribution >= 4 is 16.7 Å². The molecule has 0 aliphatic rings. The van der Waals surface area contributed by atoms with Gasteiger partial charge in [-0.1, -0.05) is 13.8 Å². The topological polar surface area (TPSA) is 45.8 Å². The normalized spacial score (nSPS) is 11.1. The first-order chi connectivity index (χ1) is 7.16. The molecule has 78 valence electrons. The Bertz CT molecular complexity index is 452. The van der Waals surface area contributed by atoms with Gasteiger partial charge in [-0.25, -0.2) is 0 Å². The van der Waals surface area contributed by atoms with Gasteiger partial charge in [0.25, 0.3) is 0 Å². The summed E-state index contributed by atoms with van der Waals surface area (Å²) in [5.41, 5.74) is 1.61. The maximum absolute atomic E-state index is 11.8. The minimum Gasteiger partial charge on any atom is -0.351 e. The standard InChI is InChI=1S/C12H14N2O/c1-8(2)5-12(15)10-6-9-3-4-13-7-11(9)14-10/h3-4,6-8,14H,5H2,1-2H3. The molecule has 0 aromatic carbocycles. The number of carbonyl (C=O) groups excluding carboxylic acids is 1. The van der Waals surface area contributed by atoms with Crippen LogP contribution >= 0.6 is 0 Å². The summed E-state index contributed by atoms with van der Waals surface area (Å²) in [6.45, 7) is 4.09. The third-order valence-electron chi connectivity index (χ3n) is 2.32. The second-order valence-corrected chi connectivity index (χ2v) is 4.17. The van der Waals surface area contributed by atoms with E-state index in [0.29, 0.717) is 18.0 Å². The number of hydrogen-bond acceptors (Lipinski definition) is 2. The van der Waals surface area contributed by atoms with E-state index in [1.807, 2.05) is 26.0 Å². The van der Waals surface area contributed by atoms with E-state index in [2.05, 4.69) is 9.97 Å². The largest absolute Gasteiger partial charge is 0.351 e. The lowest BCUT2D eigenvalue weighted by Crippen LogP contribution is -2.03. The molecular weight excluding hydrogens is 188 g/mol. The number of nitrogens with zero attached hydrogens (tertiary/aromatic N) is 1. The zero-order valence-electron chi connectivity index (χ0n) is 8.95. The summed E-state index contributed by atoms with van der Waals surface area (Å²) in [5, 5.41) is 1.04. The fourth-order valence-corrected chi connectivity index (χ4v) is 1.60. The van der Waals surface area contributed by atoms with Gasteiger partial charge in [0.2, 0.25) is 0 Å². The van der Waals surface area contributed by atoms with Crippen molar-refractivity contribution in [1.29, 1.82) is 0 Å². The van der Waals surface area contributed by atoms with Crippen LogP contribution in [0.5, 0.6) is 0 Å². The van der Waals surface area contributed by atoms with Crippen molar-refractivity contribution < 1.29 is 4.79 Å². The number of ketones is 1. The fraction of sp³-hybridized carbons (Fsp3) is 0.333. The van der Waals surface area contributed by atoms with Gasteiger partial charge in [-0.2, -0.15) is 0 Å². The highest BCUT2D eigenvalue weighted by Crippen LogP contribution is 2.16. The van der Waals surface area contributed by atoms with Crippen LogP contribution in [0.4, 0.5) is 0 Å². The molecule has 0 aliphatic carbocycles. The lowest BCUT2D eigenvalue weighted by atomic mass is 10.1. The first-order valence-corrected chi connectivity index (χ1v) is 5.13. The fourth-order valence-electron chi connectivity index (χ4n) is 1.60. The van der Waals surface area contributed by atoms with Gasteiger partial charge in [-0.15, -0.1) is 0 Å². The van der Waals surface area contributed by atoms with Crippen LogP contribution in [0, 0.1) is 5.92 Å². The number of carbonyl (C=O) groups is 1. The Morgan fingerprint density at radius 2 is 2.33 bits per heavy atom. The zero-order chi connectivity index (χ0) is 10.8. The Labute approximate surface area is 88.5 Å². The van der Waals surface area contributed by atoms with Crippen molar-refractivity contribution in [3.05, 3.63) is 30.2 Å². The van der Waals surface area contributed by atoms with E-state index >= 15 is 0 Å². The zero-order valence-corrected chi connectivity index (χ0v) is 8.95. The van der Waals surface area contributed by atoms with E-state index < -0.39 is 0 Å². The van der Waals surface area contributed by atoms with E-state index in [1.54, 1.807) is 12.4 Å². The lowest BCUT2D eigenvalue weighted by Gasteiger charge is -2.00. The molecule has 0 bridgehead atoms. The van der Waals surface area contributed by atoms with Crippen molar-refractivity contribution in [2.24, 2.45) is 5.92 Å². The monoisotopic (exact) mass is 202 g/mol. The average Bonchev–Trinajstić information content (AvgIpc) is 2.59. The van der Waals surface area contributed by atoms with E-state index in [4.69, 9.17) is 0 Å². The number of pyridine rings is 1. The number of hydrogen-bond donors (Lipinski definition) is 1. The predicted octanol–water partition coefficient (Wildman–Crippen LogP) is 2.79. The number of aromatic amines is 1. The van der Waals surface area contributed by atoms with Gasteiger partial charge >= 0.3 is 0 Å². The summed E-state index contributed by atoms with van der Waals surface area (Å²) in [6.07, 6.45) is 4.05. The summed E-state index contributed by atoms with van der Waals surface area (Å²) in [7, 11) is 0. The van der Waals surface area contributed by atoms with Gasteiger partial charge < -0.3 is 4.98 Å². The van der Waals surface area contributed by atoms with Crippen LogP contribution in [0.15, 0.2) is 24.5 Å². The van der Waals surface area contributed by atoms with Gasteiger partial charge in [-0.05, 0) is 18.1 Å². The first kappa shape index (κ1) is 9.90. The molecule has 0 spiro atoms. The van der Waals surface area contributed by atoms with Gasteiger partial charge in [-0.3, -0.25) is 9.78 Å². The maximum Gasteiger partial charge on any atom is 0.179 e. The molecule has 2 rings (SSSR count). The molecule has 3 nitrogen and oxygen atoms in total. The molecule has 1 N–H and O–H groups in total. The molecule has 0 radical (unpaired) electrons. The van der Waals surface area contributed by atoms with Crippen LogP contribution in [-0.2, 0) is 0 Å². The Morgan fingerprint density at radius 1 is 1.53 bits per heavy atom. The molecule has 0 saturated carbocycles. The van der Waals surface area contributed by atoms with Crippen LogP contribution in [0.3, 0.4) is 0 Å². The molecule has 0 atom stereocenters. The van der Waals surface area contributed by atoms with Crippen LogP contribution in [0.1, 0.15) is 30.8 Å². The van der Waals surface area contributed by atoms with E-state index in [9.17, 15) is 4.79 Å². The molecular formula is C12H14N2O. The molecule has 0 aliphatic heterocycles. The summed E-state index contributed by atoms with van der Waals surface area (Å²) < 4.78 is 0. The van der Waals surface area contributed by atoms with Crippen molar-refractivity contribution in [3.63, 3.8) is 0 Å². The van der Waals surface area contributed by atoms with Crippen molar-refractivity contribution in [2.45, 2.75) is 20.3 Å². The third-order valence-corrected chi connectivity index (χ3v) is 2.32. The average molecular weight is 202 g/mol. The summed E-state index contributed by atoms with van der Waals surface area (Å²) >= 11 is 0. The highest BCUT2D eigenvalue weighted by atomic mass is 16.1. The van der Waals surface area contributed by atoms with E-state index in [1.165, 1.54) is 0 Å². The van der Waals surface area contributed by atoms with Crippen molar-refractivity contribution in [1.82, 2.24) is 9.97 Å². The molecule has 0 saturated heterocycles. The molecule has 3 heteroatoms. The smallest absolute Gasteiger partial charge is 0.179 e. The molecule has 2 aromatic rings. The molecule has 15 heavy (non-hydrogen) atoms. The number of nitrogens with one attached hydrogen (secondary N) is 1. The number of H-pyrrole nitrogens is 1. The number of aromatic nitrogens is 2. The SMILES string of the molecule is CC(C)CC(=O)c1cc2ccncc2[nH]1. The second-order valence-electron chi connectivity index (χ2n) is 4.17. The van der Waals surface area contributed by atoms with Crippen LogP contribution < -0.4 is 0 Å². The Morgan fingerprint density at radius 3 is 3.00 bits per heavy atom. The summed E-state index contributed by atoms with van der Waals surface area (Å²) in [6, 6.07) is 3.79. The van der Waals surface area contributed by atoms with Gasteiger partial charge in [0.05, 0.1) is 17.4 Å². The molecule has 0 amide bonds. The van der Waals surface area contributed by atoms with E-state index in [0.717, 1.165) is 10.9 Å². The number of rotatable bonds is 3. The van der Waals surface area contributed by atoms with Crippen molar-refractivity contribution in [2.75, 3.05) is 0 Å². The van der Waals surface area contributed by atoms with Gasteiger partial charge in [0.15, 0.2) is 5.78 Å². The van der Waals surface area contributed by atoms with Crippen LogP contribution in [-0.4, -0.2) is 15.8 Å². The third kappa shape index (κ3) is 2.06. The van der Waals surface area contributed by atoms with Crippen LogP contribution in [0.25, 0.3) is 10.9 Å². The first-order valence-electron chi connectivity index (χ1n) is 5.13. The Kier molecular flexibility index (Phi) is 2.54. The van der Waals surface area contributed by atoms with E-state index in [-0.39, 0.29) is 5.78 Å². The highest BCUT2D eigenvalue weighted by Gasteiger charge is 2.10. The van der Waals surface area contributed by atoms with Gasteiger partial charge in [0, 0.05) is 18.0 Å². The maximum atomic E-state index is 11.8. The minimum atomic E-state index is 0.168. The second kappa shape index (κ2) is 3.85. The Balaban J connectivity index is 2.32. The molecule has 0 unspecified atom stereocenters. The number of fused-ring (bicyclic) bond motifs is 1. The highest BCUT2D eigenvalue weighted by molar-refractivity contribution is 5.99. The Hall–Kier alpha value is -1.64. The molecule has 2 heterocycles. The molecule has 0 fully saturated rings. The lowest BCUT2D eigenvalue weighted by molar-refractivity contribution is 0.0964. The van der Waals surface area contributed by atoms with Crippen molar-refractivity contribution in [3.8, 4) is 0 Å².